The van der Waals surface area contributed by atoms with Gasteiger partial charge in [0.1, 0.15) is 11.4 Å². The van der Waals surface area contributed by atoms with E-state index in [1.165, 1.54) is 4.68 Å². The largest absolute Gasteiger partial charge is 0.370 e. The average molecular weight is 212 g/mol. The molecule has 0 saturated carbocycles. The van der Waals surface area contributed by atoms with Crippen LogP contribution in [0.1, 0.15) is 17.8 Å². The van der Waals surface area contributed by atoms with Gasteiger partial charge in [0.15, 0.2) is 0 Å². The highest BCUT2D eigenvalue weighted by molar-refractivity contribution is 5.73. The first-order chi connectivity index (χ1) is 6.93. The maximum Gasteiger partial charge on any atom is 0.312 e. The van der Waals surface area contributed by atoms with E-state index in [9.17, 15) is 14.9 Å². The number of aryl methyl sites for hydroxylation is 2. The molecule has 7 heteroatoms. The first kappa shape index (κ1) is 11.2. The van der Waals surface area contributed by atoms with Gasteiger partial charge in [-0.25, -0.2) is 0 Å². The van der Waals surface area contributed by atoms with E-state index in [0.717, 1.165) is 0 Å². The Kier molecular flexibility index (Phi) is 3.03. The average Bonchev–Trinajstić information content (AvgIpc) is 2.37. The minimum Gasteiger partial charge on any atom is -0.370 e. The lowest BCUT2D eigenvalue weighted by atomic mass is 10.3. The topological polar surface area (TPSA) is 104 Å². The van der Waals surface area contributed by atoms with Crippen LogP contribution in [0.2, 0.25) is 0 Å². The molecule has 0 aliphatic carbocycles. The van der Waals surface area contributed by atoms with E-state index in [-0.39, 0.29) is 18.7 Å². The summed E-state index contributed by atoms with van der Waals surface area (Å²) in [7, 11) is 0. The van der Waals surface area contributed by atoms with Crippen molar-refractivity contribution < 1.29 is 9.72 Å². The fourth-order valence-corrected chi connectivity index (χ4v) is 1.39. The first-order valence-corrected chi connectivity index (χ1v) is 4.40. The molecule has 1 amide bonds. The molecule has 15 heavy (non-hydrogen) atoms. The van der Waals surface area contributed by atoms with Crippen LogP contribution < -0.4 is 5.73 Å². The summed E-state index contributed by atoms with van der Waals surface area (Å²) in [6.07, 6.45) is 0.124. The van der Waals surface area contributed by atoms with Gasteiger partial charge in [-0.1, -0.05) is 0 Å². The summed E-state index contributed by atoms with van der Waals surface area (Å²) in [6, 6.07) is 0. The molecule has 0 unspecified atom stereocenters. The van der Waals surface area contributed by atoms with Crippen molar-refractivity contribution in [3.05, 3.63) is 21.5 Å². The van der Waals surface area contributed by atoms with E-state index < -0.39 is 10.8 Å². The van der Waals surface area contributed by atoms with Gasteiger partial charge in [-0.3, -0.25) is 19.6 Å². The molecule has 1 aromatic heterocycles. The van der Waals surface area contributed by atoms with Crippen molar-refractivity contribution in [1.29, 1.82) is 0 Å². The van der Waals surface area contributed by atoms with Crippen LogP contribution in [0, 0.1) is 24.0 Å². The highest BCUT2D eigenvalue weighted by Gasteiger charge is 2.21. The summed E-state index contributed by atoms with van der Waals surface area (Å²) >= 11 is 0. The van der Waals surface area contributed by atoms with Crippen molar-refractivity contribution in [2.45, 2.75) is 26.8 Å². The number of rotatable bonds is 4. The third kappa shape index (κ3) is 2.30. The molecule has 0 aromatic carbocycles. The maximum atomic E-state index is 10.7. The van der Waals surface area contributed by atoms with E-state index in [4.69, 9.17) is 5.73 Å². The van der Waals surface area contributed by atoms with Gasteiger partial charge in [0.05, 0.1) is 11.5 Å². The molecule has 0 spiro atoms. The summed E-state index contributed by atoms with van der Waals surface area (Å²) in [6.45, 7) is 3.43. The third-order valence-electron chi connectivity index (χ3n) is 2.10. The van der Waals surface area contributed by atoms with Gasteiger partial charge in [0, 0.05) is 6.42 Å². The van der Waals surface area contributed by atoms with Gasteiger partial charge in [-0.15, -0.1) is 0 Å². The van der Waals surface area contributed by atoms with Crippen molar-refractivity contribution in [3.63, 3.8) is 0 Å². The second-order valence-electron chi connectivity index (χ2n) is 3.22. The van der Waals surface area contributed by atoms with Crippen molar-refractivity contribution in [2.75, 3.05) is 0 Å². The van der Waals surface area contributed by atoms with E-state index in [0.29, 0.717) is 11.4 Å². The van der Waals surface area contributed by atoms with Crippen molar-refractivity contribution in [1.82, 2.24) is 9.78 Å². The maximum absolute atomic E-state index is 10.7. The summed E-state index contributed by atoms with van der Waals surface area (Å²) < 4.78 is 1.43. The van der Waals surface area contributed by atoms with E-state index in [2.05, 4.69) is 5.10 Å². The quantitative estimate of drug-likeness (QED) is 0.571. The first-order valence-electron chi connectivity index (χ1n) is 4.40. The summed E-state index contributed by atoms with van der Waals surface area (Å²) in [5, 5.41) is 14.6. The van der Waals surface area contributed by atoms with E-state index >= 15 is 0 Å². The van der Waals surface area contributed by atoms with E-state index in [1.807, 2.05) is 0 Å². The van der Waals surface area contributed by atoms with Gasteiger partial charge >= 0.3 is 5.69 Å². The molecule has 0 bridgehead atoms. The highest BCUT2D eigenvalue weighted by atomic mass is 16.6. The van der Waals surface area contributed by atoms with E-state index in [1.54, 1.807) is 13.8 Å². The fraction of sp³-hybridized carbons (Fsp3) is 0.500. The number of hydrogen-bond donors (Lipinski definition) is 1. The lowest BCUT2D eigenvalue weighted by molar-refractivity contribution is -0.386. The number of primary amides is 1. The van der Waals surface area contributed by atoms with Crippen LogP contribution in [0.4, 0.5) is 5.69 Å². The summed E-state index contributed by atoms with van der Waals surface area (Å²) in [5.74, 6) is -0.454. The van der Waals surface area contributed by atoms with Gasteiger partial charge in [0.2, 0.25) is 5.91 Å². The Morgan fingerprint density at radius 1 is 1.60 bits per heavy atom. The van der Waals surface area contributed by atoms with Crippen LogP contribution >= 0.6 is 0 Å². The monoisotopic (exact) mass is 212 g/mol. The van der Waals surface area contributed by atoms with Gasteiger partial charge < -0.3 is 5.73 Å². The fourth-order valence-electron chi connectivity index (χ4n) is 1.39. The number of carbonyl (C=O) groups is 1. The number of amides is 1. The molecule has 0 radical (unpaired) electrons. The number of hydrogen-bond acceptors (Lipinski definition) is 4. The zero-order valence-corrected chi connectivity index (χ0v) is 8.56. The van der Waals surface area contributed by atoms with Crippen LogP contribution in [0.25, 0.3) is 0 Å². The molecule has 1 aromatic rings. The molecule has 1 rings (SSSR count). The number of nitrogens with zero attached hydrogens (tertiary/aromatic N) is 3. The molecular weight excluding hydrogens is 200 g/mol. The molecule has 0 fully saturated rings. The molecule has 0 aliphatic rings. The molecule has 82 valence electrons. The molecular formula is C8H12N4O3. The smallest absolute Gasteiger partial charge is 0.312 e. The van der Waals surface area contributed by atoms with Crippen molar-refractivity contribution in [2.24, 2.45) is 5.73 Å². The Hall–Kier alpha value is -1.92. The lowest BCUT2D eigenvalue weighted by Crippen LogP contribution is -2.15. The minimum absolute atomic E-state index is 0.000490. The number of nitrogens with two attached hydrogens (primary N) is 1. The number of nitro groups is 1. The van der Waals surface area contributed by atoms with Crippen LogP contribution in [-0.2, 0) is 11.3 Å². The Morgan fingerprint density at radius 3 is 2.60 bits per heavy atom. The second-order valence-corrected chi connectivity index (χ2v) is 3.22. The molecule has 0 saturated heterocycles. The molecule has 0 atom stereocenters. The number of aromatic nitrogens is 2. The van der Waals surface area contributed by atoms with Gasteiger partial charge in [-0.2, -0.15) is 5.10 Å². The molecule has 1 heterocycles. The van der Waals surface area contributed by atoms with Crippen LogP contribution in [0.15, 0.2) is 0 Å². The normalized spacial score (nSPS) is 10.3. The second kappa shape index (κ2) is 4.07. The predicted molar refractivity (Wildman–Crippen MR) is 52.2 cm³/mol. The minimum atomic E-state index is -0.474. The van der Waals surface area contributed by atoms with Gasteiger partial charge in [0.25, 0.3) is 0 Å². The summed E-state index contributed by atoms with van der Waals surface area (Å²) in [5.41, 5.74) is 5.77. The van der Waals surface area contributed by atoms with Crippen LogP contribution in [0.3, 0.4) is 0 Å². The zero-order chi connectivity index (χ0) is 11.6. The Labute approximate surface area is 86.0 Å². The van der Waals surface area contributed by atoms with Crippen molar-refractivity contribution >= 4 is 11.6 Å². The van der Waals surface area contributed by atoms with Gasteiger partial charge in [-0.05, 0) is 13.8 Å². The zero-order valence-electron chi connectivity index (χ0n) is 8.56. The Morgan fingerprint density at radius 2 is 2.20 bits per heavy atom. The van der Waals surface area contributed by atoms with Crippen LogP contribution in [0.5, 0.6) is 0 Å². The molecule has 2 N–H and O–H groups in total. The SMILES string of the molecule is Cc1nn(CCC(N)=O)c(C)c1[N+](=O)[O-]. The Bertz CT molecular complexity index is 410. The number of carbonyl (C=O) groups excluding carboxylic acids is 1. The predicted octanol–water partition coefficient (Wildman–Crippen LogP) is 0.284. The summed E-state index contributed by atoms with van der Waals surface area (Å²) in [4.78, 5) is 20.7. The third-order valence-corrected chi connectivity index (χ3v) is 2.10. The highest BCUT2D eigenvalue weighted by Crippen LogP contribution is 2.21. The lowest BCUT2D eigenvalue weighted by Gasteiger charge is -2.00. The Balaban J connectivity index is 2.96. The molecule has 7 nitrogen and oxygen atoms in total. The molecule has 0 aliphatic heterocycles. The van der Waals surface area contributed by atoms with Crippen LogP contribution in [-0.4, -0.2) is 20.6 Å². The standard InChI is InChI=1S/C8H12N4O3/c1-5-8(12(14)15)6(2)11(10-5)4-3-7(9)13/h3-4H2,1-2H3,(H2,9,13). The van der Waals surface area contributed by atoms with Crippen molar-refractivity contribution in [3.8, 4) is 0 Å².